The van der Waals surface area contributed by atoms with E-state index in [4.69, 9.17) is 14.2 Å². The second-order valence-electron chi connectivity index (χ2n) is 7.87. The summed E-state index contributed by atoms with van der Waals surface area (Å²) in [6, 6.07) is 2.42. The Morgan fingerprint density at radius 1 is 1.06 bits per heavy atom. The first-order valence-corrected chi connectivity index (χ1v) is 10.7. The van der Waals surface area contributed by atoms with Gasteiger partial charge in [-0.1, -0.05) is 0 Å². The molecule has 0 bridgehead atoms. The van der Waals surface area contributed by atoms with Crippen LogP contribution in [0.15, 0.2) is 31.0 Å². The maximum Gasteiger partial charge on any atom is 0.223 e. The van der Waals surface area contributed by atoms with Gasteiger partial charge in [-0.15, -0.1) is 0 Å². The van der Waals surface area contributed by atoms with E-state index in [0.717, 1.165) is 69.1 Å². The first kappa shape index (κ1) is 19.8. The standard InChI is InChI=1S/C21H27N7O3/c1-29-18-11-22-21(23-12-18)26-15-2-4-17(5-3-15)31-19-10-16(27-6-8-30-9-7-27)13-28-20(19)24-14-25-28/h10-15,17H,2-9H2,1H3,(H,22,23,26). The Bertz CT molecular complexity index is 996. The molecule has 3 aromatic heterocycles. The minimum Gasteiger partial charge on any atom is -0.494 e. The van der Waals surface area contributed by atoms with Crippen LogP contribution in [0.1, 0.15) is 25.7 Å². The Kier molecular flexibility index (Phi) is 5.70. The van der Waals surface area contributed by atoms with Crippen molar-refractivity contribution in [3.8, 4) is 11.5 Å². The highest BCUT2D eigenvalue weighted by Crippen LogP contribution is 2.30. The fourth-order valence-corrected chi connectivity index (χ4v) is 4.15. The van der Waals surface area contributed by atoms with Crippen LogP contribution in [-0.4, -0.2) is 70.1 Å². The topological polar surface area (TPSA) is 98.9 Å². The van der Waals surface area contributed by atoms with Crippen molar-refractivity contribution in [1.82, 2.24) is 24.6 Å². The number of nitrogens with one attached hydrogen (secondary N) is 1. The average molecular weight is 425 g/mol. The number of fused-ring (bicyclic) bond motifs is 1. The van der Waals surface area contributed by atoms with Crippen LogP contribution in [0.5, 0.6) is 11.5 Å². The van der Waals surface area contributed by atoms with Gasteiger partial charge in [0.25, 0.3) is 0 Å². The van der Waals surface area contributed by atoms with Gasteiger partial charge in [0, 0.05) is 25.2 Å². The highest BCUT2D eigenvalue weighted by molar-refractivity contribution is 5.61. The van der Waals surface area contributed by atoms with Crippen molar-refractivity contribution >= 4 is 17.3 Å². The quantitative estimate of drug-likeness (QED) is 0.637. The molecule has 31 heavy (non-hydrogen) atoms. The SMILES string of the molecule is COc1cnc(NC2CCC(Oc3cc(N4CCOCC4)cn4ncnc34)CC2)nc1. The monoisotopic (exact) mass is 425 g/mol. The Morgan fingerprint density at radius 3 is 2.58 bits per heavy atom. The fourth-order valence-electron chi connectivity index (χ4n) is 4.15. The highest BCUT2D eigenvalue weighted by Gasteiger charge is 2.24. The van der Waals surface area contributed by atoms with Gasteiger partial charge >= 0.3 is 0 Å². The lowest BCUT2D eigenvalue weighted by molar-refractivity contribution is 0.122. The van der Waals surface area contributed by atoms with E-state index in [9.17, 15) is 0 Å². The van der Waals surface area contributed by atoms with Crippen molar-refractivity contribution < 1.29 is 14.2 Å². The Labute approximate surface area is 180 Å². The van der Waals surface area contributed by atoms with Gasteiger partial charge in [-0.05, 0) is 25.7 Å². The van der Waals surface area contributed by atoms with Crippen molar-refractivity contribution in [1.29, 1.82) is 0 Å². The third-order valence-corrected chi connectivity index (χ3v) is 5.87. The molecular formula is C21H27N7O3. The number of methoxy groups -OCH3 is 1. The van der Waals surface area contributed by atoms with Gasteiger partial charge in [0.05, 0.1) is 50.7 Å². The van der Waals surface area contributed by atoms with Gasteiger partial charge in [-0.2, -0.15) is 5.10 Å². The van der Waals surface area contributed by atoms with Crippen molar-refractivity contribution in [2.24, 2.45) is 0 Å². The second kappa shape index (κ2) is 8.93. The van der Waals surface area contributed by atoms with Crippen LogP contribution < -0.4 is 19.7 Å². The lowest BCUT2D eigenvalue weighted by Crippen LogP contribution is -2.36. The molecule has 1 saturated carbocycles. The molecule has 1 aliphatic heterocycles. The molecule has 10 nitrogen and oxygen atoms in total. The van der Waals surface area contributed by atoms with Crippen LogP contribution in [0, 0.1) is 0 Å². The molecular weight excluding hydrogens is 398 g/mol. The highest BCUT2D eigenvalue weighted by atomic mass is 16.5. The first-order valence-electron chi connectivity index (χ1n) is 10.7. The zero-order valence-corrected chi connectivity index (χ0v) is 17.6. The van der Waals surface area contributed by atoms with E-state index in [1.54, 1.807) is 30.3 Å². The number of rotatable bonds is 6. The molecule has 164 valence electrons. The summed E-state index contributed by atoms with van der Waals surface area (Å²) in [7, 11) is 1.61. The molecule has 0 unspecified atom stereocenters. The van der Waals surface area contributed by atoms with Crippen LogP contribution in [0.3, 0.4) is 0 Å². The van der Waals surface area contributed by atoms with Gasteiger partial charge in [0.15, 0.2) is 17.1 Å². The minimum atomic E-state index is 0.148. The maximum atomic E-state index is 6.43. The van der Waals surface area contributed by atoms with Crippen LogP contribution in [0.4, 0.5) is 11.6 Å². The Balaban J connectivity index is 1.23. The molecule has 10 heteroatoms. The summed E-state index contributed by atoms with van der Waals surface area (Å²) in [6.07, 6.45) is 11.0. The first-order chi connectivity index (χ1) is 15.3. The molecule has 4 heterocycles. The van der Waals surface area contributed by atoms with Crippen molar-refractivity contribution in [2.45, 2.75) is 37.8 Å². The van der Waals surface area contributed by atoms with Gasteiger partial charge in [-0.25, -0.2) is 19.5 Å². The summed E-state index contributed by atoms with van der Waals surface area (Å²) >= 11 is 0. The maximum absolute atomic E-state index is 6.43. The molecule has 1 N–H and O–H groups in total. The number of hydrogen-bond acceptors (Lipinski definition) is 9. The zero-order chi connectivity index (χ0) is 21.0. The average Bonchev–Trinajstić information content (AvgIpc) is 3.31. The number of hydrogen-bond donors (Lipinski definition) is 1. The summed E-state index contributed by atoms with van der Waals surface area (Å²) in [5.41, 5.74) is 1.84. The molecule has 2 fully saturated rings. The molecule has 2 aliphatic rings. The second-order valence-corrected chi connectivity index (χ2v) is 7.87. The Hall–Kier alpha value is -3.14. The summed E-state index contributed by atoms with van der Waals surface area (Å²) in [4.78, 5) is 15.3. The number of pyridine rings is 1. The minimum absolute atomic E-state index is 0.148. The molecule has 3 aromatic rings. The Morgan fingerprint density at radius 2 is 1.84 bits per heavy atom. The van der Waals surface area contributed by atoms with E-state index < -0.39 is 0 Å². The summed E-state index contributed by atoms with van der Waals surface area (Å²) in [5.74, 6) is 2.08. The number of anilines is 2. The van der Waals surface area contributed by atoms with Gasteiger partial charge in [-0.3, -0.25) is 0 Å². The lowest BCUT2D eigenvalue weighted by Gasteiger charge is -2.31. The predicted octanol–water partition coefficient (Wildman–Crippen LogP) is 2.17. The van der Waals surface area contributed by atoms with E-state index in [1.165, 1.54) is 0 Å². The largest absolute Gasteiger partial charge is 0.494 e. The van der Waals surface area contributed by atoms with Crippen molar-refractivity contribution in [3.05, 3.63) is 31.0 Å². The normalized spacial score (nSPS) is 21.8. The molecule has 0 spiro atoms. The predicted molar refractivity (Wildman–Crippen MR) is 115 cm³/mol. The lowest BCUT2D eigenvalue weighted by atomic mass is 9.93. The summed E-state index contributed by atoms with van der Waals surface area (Å²) in [5, 5.41) is 7.75. The molecule has 5 rings (SSSR count). The van der Waals surface area contributed by atoms with Crippen LogP contribution in [-0.2, 0) is 4.74 Å². The van der Waals surface area contributed by atoms with E-state index in [-0.39, 0.29) is 6.10 Å². The third-order valence-electron chi connectivity index (χ3n) is 5.87. The fraction of sp³-hybridized carbons (Fsp3) is 0.524. The third kappa shape index (κ3) is 4.48. The molecule has 0 aromatic carbocycles. The number of nitrogens with zero attached hydrogens (tertiary/aromatic N) is 6. The number of ether oxygens (including phenoxy) is 3. The van der Waals surface area contributed by atoms with E-state index in [0.29, 0.717) is 17.7 Å². The molecule has 1 aliphatic carbocycles. The van der Waals surface area contributed by atoms with Gasteiger partial charge in [0.2, 0.25) is 5.95 Å². The summed E-state index contributed by atoms with van der Waals surface area (Å²) < 4.78 is 18.8. The van der Waals surface area contributed by atoms with E-state index >= 15 is 0 Å². The van der Waals surface area contributed by atoms with Crippen LogP contribution >= 0.6 is 0 Å². The van der Waals surface area contributed by atoms with Gasteiger partial charge < -0.3 is 24.4 Å². The molecule has 0 radical (unpaired) electrons. The molecule has 0 amide bonds. The number of aromatic nitrogens is 5. The van der Waals surface area contributed by atoms with Crippen LogP contribution in [0.2, 0.25) is 0 Å². The van der Waals surface area contributed by atoms with Gasteiger partial charge in [0.1, 0.15) is 6.33 Å². The van der Waals surface area contributed by atoms with E-state index in [1.807, 2.05) is 6.20 Å². The smallest absolute Gasteiger partial charge is 0.223 e. The molecule has 0 atom stereocenters. The van der Waals surface area contributed by atoms with E-state index in [2.05, 4.69) is 36.3 Å². The molecule has 1 saturated heterocycles. The van der Waals surface area contributed by atoms with Crippen molar-refractivity contribution in [3.63, 3.8) is 0 Å². The van der Waals surface area contributed by atoms with Crippen LogP contribution in [0.25, 0.3) is 5.65 Å². The summed E-state index contributed by atoms with van der Waals surface area (Å²) in [6.45, 7) is 3.20. The zero-order valence-electron chi connectivity index (χ0n) is 17.6. The van der Waals surface area contributed by atoms with Crippen molar-refractivity contribution in [2.75, 3.05) is 43.6 Å². The number of morpholine rings is 1.